The molecule has 0 aliphatic carbocycles. The Morgan fingerprint density at radius 1 is 1.44 bits per heavy atom. The largest absolute Gasteiger partial charge is 0.383 e. The van der Waals surface area contributed by atoms with Gasteiger partial charge in [-0.15, -0.1) is 0 Å². The fraction of sp³-hybridized carbons (Fsp3) is 0.917. The summed E-state index contributed by atoms with van der Waals surface area (Å²) >= 11 is 0. The van der Waals surface area contributed by atoms with Crippen molar-refractivity contribution in [3.63, 3.8) is 0 Å². The summed E-state index contributed by atoms with van der Waals surface area (Å²) in [6.45, 7) is 3.52. The standard InChI is InChI=1S/C12H22N2O2/c1-16-9-11-5-3-7-14(11)12(15)10-4-2-6-13-8-10/h10-11,13H,2-9H2,1H3/t10-,11-/m0/s1. The van der Waals surface area contributed by atoms with Gasteiger partial charge in [0.2, 0.25) is 5.91 Å². The van der Waals surface area contributed by atoms with E-state index in [0.717, 1.165) is 45.3 Å². The number of carbonyl (C=O) groups is 1. The molecule has 16 heavy (non-hydrogen) atoms. The predicted octanol–water partition coefficient (Wildman–Crippen LogP) is 0.623. The first-order valence-electron chi connectivity index (χ1n) is 6.33. The van der Waals surface area contributed by atoms with Crippen LogP contribution in [-0.4, -0.2) is 50.2 Å². The van der Waals surface area contributed by atoms with Gasteiger partial charge in [0.25, 0.3) is 0 Å². The van der Waals surface area contributed by atoms with Gasteiger partial charge in [-0.1, -0.05) is 0 Å². The van der Waals surface area contributed by atoms with Crippen LogP contribution in [0.4, 0.5) is 0 Å². The number of piperidine rings is 1. The summed E-state index contributed by atoms with van der Waals surface area (Å²) in [6, 6.07) is 0.319. The highest BCUT2D eigenvalue weighted by molar-refractivity contribution is 5.79. The van der Waals surface area contributed by atoms with Crippen LogP contribution < -0.4 is 5.32 Å². The molecule has 2 heterocycles. The molecule has 2 rings (SSSR count). The van der Waals surface area contributed by atoms with E-state index in [1.165, 1.54) is 0 Å². The fourth-order valence-corrected chi connectivity index (χ4v) is 2.79. The lowest BCUT2D eigenvalue weighted by Crippen LogP contribution is -2.46. The lowest BCUT2D eigenvalue weighted by atomic mass is 9.98. The highest BCUT2D eigenvalue weighted by atomic mass is 16.5. The second kappa shape index (κ2) is 5.64. The maximum atomic E-state index is 12.3. The molecular weight excluding hydrogens is 204 g/mol. The summed E-state index contributed by atoms with van der Waals surface area (Å²) in [7, 11) is 1.71. The SMILES string of the molecule is COC[C@@H]1CCCN1C(=O)[C@H]1CCCNC1. The van der Waals surface area contributed by atoms with E-state index in [1.54, 1.807) is 7.11 Å². The minimum absolute atomic E-state index is 0.200. The number of amides is 1. The molecular formula is C12H22N2O2. The van der Waals surface area contributed by atoms with Gasteiger partial charge in [-0.3, -0.25) is 4.79 Å². The van der Waals surface area contributed by atoms with Crippen molar-refractivity contribution < 1.29 is 9.53 Å². The minimum atomic E-state index is 0.200. The molecule has 0 aromatic rings. The smallest absolute Gasteiger partial charge is 0.227 e. The molecule has 1 amide bonds. The van der Waals surface area contributed by atoms with E-state index in [0.29, 0.717) is 18.6 Å². The monoisotopic (exact) mass is 226 g/mol. The summed E-state index contributed by atoms with van der Waals surface area (Å²) in [4.78, 5) is 14.4. The van der Waals surface area contributed by atoms with Gasteiger partial charge in [0, 0.05) is 20.2 Å². The number of carbonyl (C=O) groups excluding carboxylic acids is 1. The van der Waals surface area contributed by atoms with Crippen molar-refractivity contribution >= 4 is 5.91 Å². The van der Waals surface area contributed by atoms with Crippen molar-refractivity contribution in [1.29, 1.82) is 0 Å². The van der Waals surface area contributed by atoms with E-state index >= 15 is 0 Å². The average Bonchev–Trinajstić information content (AvgIpc) is 2.78. The quantitative estimate of drug-likeness (QED) is 0.767. The lowest BCUT2D eigenvalue weighted by Gasteiger charge is -2.30. The van der Waals surface area contributed by atoms with Crippen molar-refractivity contribution in [2.75, 3.05) is 33.4 Å². The number of hydrogen-bond acceptors (Lipinski definition) is 3. The summed E-state index contributed by atoms with van der Waals surface area (Å²) < 4.78 is 5.18. The second-order valence-electron chi connectivity index (χ2n) is 4.83. The van der Waals surface area contributed by atoms with Gasteiger partial charge in [0.05, 0.1) is 18.6 Å². The number of ether oxygens (including phenoxy) is 1. The molecule has 0 spiro atoms. The van der Waals surface area contributed by atoms with Crippen LogP contribution in [0.1, 0.15) is 25.7 Å². The molecule has 1 N–H and O–H groups in total. The van der Waals surface area contributed by atoms with Gasteiger partial charge < -0.3 is 15.0 Å². The van der Waals surface area contributed by atoms with Crippen molar-refractivity contribution in [1.82, 2.24) is 10.2 Å². The highest BCUT2D eigenvalue weighted by Gasteiger charge is 2.33. The average molecular weight is 226 g/mol. The molecule has 0 aromatic heterocycles. The minimum Gasteiger partial charge on any atom is -0.383 e. The third-order valence-electron chi connectivity index (χ3n) is 3.67. The van der Waals surface area contributed by atoms with Crippen LogP contribution >= 0.6 is 0 Å². The predicted molar refractivity (Wildman–Crippen MR) is 62.2 cm³/mol. The Bertz CT molecular complexity index is 239. The number of nitrogens with one attached hydrogen (secondary N) is 1. The van der Waals surface area contributed by atoms with Crippen LogP contribution in [-0.2, 0) is 9.53 Å². The molecule has 0 bridgehead atoms. The summed E-state index contributed by atoms with van der Waals surface area (Å²) in [6.07, 6.45) is 4.39. The van der Waals surface area contributed by atoms with Crippen molar-refractivity contribution in [2.24, 2.45) is 5.92 Å². The molecule has 0 unspecified atom stereocenters. The third-order valence-corrected chi connectivity index (χ3v) is 3.67. The molecule has 2 atom stereocenters. The Hall–Kier alpha value is -0.610. The van der Waals surface area contributed by atoms with Crippen LogP contribution in [0.2, 0.25) is 0 Å². The third kappa shape index (κ3) is 2.55. The fourth-order valence-electron chi connectivity index (χ4n) is 2.79. The normalized spacial score (nSPS) is 30.7. The van der Waals surface area contributed by atoms with Crippen LogP contribution in [0.25, 0.3) is 0 Å². The number of methoxy groups -OCH3 is 1. The van der Waals surface area contributed by atoms with E-state index in [-0.39, 0.29) is 5.92 Å². The Morgan fingerprint density at radius 2 is 2.31 bits per heavy atom. The van der Waals surface area contributed by atoms with Crippen molar-refractivity contribution in [3.05, 3.63) is 0 Å². The van der Waals surface area contributed by atoms with E-state index in [4.69, 9.17) is 4.74 Å². The highest BCUT2D eigenvalue weighted by Crippen LogP contribution is 2.22. The first-order chi connectivity index (χ1) is 7.83. The Labute approximate surface area is 97.3 Å². The van der Waals surface area contributed by atoms with Crippen LogP contribution in [0.15, 0.2) is 0 Å². The molecule has 0 radical (unpaired) electrons. The zero-order valence-electron chi connectivity index (χ0n) is 10.1. The Balaban J connectivity index is 1.91. The number of nitrogens with zero attached hydrogens (tertiary/aromatic N) is 1. The Morgan fingerprint density at radius 3 is 3.00 bits per heavy atom. The van der Waals surface area contributed by atoms with Gasteiger partial charge in [0.15, 0.2) is 0 Å². The molecule has 0 saturated carbocycles. The molecule has 2 aliphatic rings. The van der Waals surface area contributed by atoms with Crippen molar-refractivity contribution in [3.8, 4) is 0 Å². The van der Waals surface area contributed by atoms with Gasteiger partial charge in [-0.2, -0.15) is 0 Å². The number of likely N-dealkylation sites (tertiary alicyclic amines) is 1. The molecule has 2 fully saturated rings. The van der Waals surface area contributed by atoms with E-state index in [2.05, 4.69) is 5.32 Å². The number of rotatable bonds is 3. The first-order valence-corrected chi connectivity index (χ1v) is 6.33. The molecule has 2 saturated heterocycles. The maximum absolute atomic E-state index is 12.3. The number of hydrogen-bond donors (Lipinski definition) is 1. The van der Waals surface area contributed by atoms with Crippen molar-refractivity contribution in [2.45, 2.75) is 31.7 Å². The summed E-state index contributed by atoms with van der Waals surface area (Å²) in [5, 5.41) is 3.31. The lowest BCUT2D eigenvalue weighted by molar-refractivity contribution is -0.137. The maximum Gasteiger partial charge on any atom is 0.227 e. The van der Waals surface area contributed by atoms with E-state index < -0.39 is 0 Å². The second-order valence-corrected chi connectivity index (χ2v) is 4.83. The topological polar surface area (TPSA) is 41.6 Å². The first kappa shape index (κ1) is 11.9. The molecule has 4 heteroatoms. The molecule has 0 aromatic carbocycles. The van der Waals surface area contributed by atoms with Crippen LogP contribution in [0.5, 0.6) is 0 Å². The zero-order valence-corrected chi connectivity index (χ0v) is 10.1. The van der Waals surface area contributed by atoms with Crippen LogP contribution in [0, 0.1) is 5.92 Å². The summed E-state index contributed by atoms with van der Waals surface area (Å²) in [5.41, 5.74) is 0. The van der Waals surface area contributed by atoms with E-state index in [1.807, 2.05) is 4.90 Å². The molecule has 4 nitrogen and oxygen atoms in total. The van der Waals surface area contributed by atoms with E-state index in [9.17, 15) is 4.79 Å². The van der Waals surface area contributed by atoms with Gasteiger partial charge in [-0.25, -0.2) is 0 Å². The molecule has 2 aliphatic heterocycles. The van der Waals surface area contributed by atoms with Gasteiger partial charge in [-0.05, 0) is 32.2 Å². The Kier molecular flexibility index (Phi) is 4.18. The molecule has 92 valence electrons. The van der Waals surface area contributed by atoms with Gasteiger partial charge >= 0.3 is 0 Å². The zero-order chi connectivity index (χ0) is 11.4. The van der Waals surface area contributed by atoms with Gasteiger partial charge in [0.1, 0.15) is 0 Å². The summed E-state index contributed by atoms with van der Waals surface area (Å²) in [5.74, 6) is 0.540. The van der Waals surface area contributed by atoms with Crippen LogP contribution in [0.3, 0.4) is 0 Å².